The maximum absolute atomic E-state index is 13.1. The molecular weight excluding hydrogens is 452 g/mol. The first-order chi connectivity index (χ1) is 15.3. The maximum Gasteiger partial charge on any atom is 0.257 e. The van der Waals surface area contributed by atoms with E-state index in [1.807, 2.05) is 13.0 Å². The normalized spacial score (nSPS) is 14.7. The zero-order valence-corrected chi connectivity index (χ0v) is 20.0. The molecule has 1 saturated heterocycles. The third kappa shape index (κ3) is 6.15. The molecule has 0 radical (unpaired) electrons. The second-order valence-electron chi connectivity index (χ2n) is 7.73. The van der Waals surface area contributed by atoms with Gasteiger partial charge in [0.05, 0.1) is 17.6 Å². The molecule has 1 N–H and O–H groups in total. The van der Waals surface area contributed by atoms with E-state index in [9.17, 15) is 13.2 Å². The van der Waals surface area contributed by atoms with Gasteiger partial charge in [0.15, 0.2) is 0 Å². The SMILES string of the molecule is COc1ccc(S(=O)(=O)NCCOc2ccc(C)c(Cl)c2)cc1C(=O)N1CCCCCC1. The first kappa shape index (κ1) is 24.4. The molecule has 32 heavy (non-hydrogen) atoms. The minimum absolute atomic E-state index is 0.00912. The number of hydrogen-bond acceptors (Lipinski definition) is 5. The molecule has 9 heteroatoms. The summed E-state index contributed by atoms with van der Waals surface area (Å²) >= 11 is 6.08. The lowest BCUT2D eigenvalue weighted by molar-refractivity contribution is 0.0758. The van der Waals surface area contributed by atoms with Crippen LogP contribution in [0.5, 0.6) is 11.5 Å². The van der Waals surface area contributed by atoms with E-state index in [-0.39, 0.29) is 29.5 Å². The van der Waals surface area contributed by atoms with Crippen molar-refractivity contribution in [2.24, 2.45) is 0 Å². The van der Waals surface area contributed by atoms with Crippen LogP contribution in [-0.2, 0) is 10.0 Å². The fourth-order valence-corrected chi connectivity index (χ4v) is 4.77. The summed E-state index contributed by atoms with van der Waals surface area (Å²) < 4.78 is 39.0. The van der Waals surface area contributed by atoms with Gasteiger partial charge in [-0.2, -0.15) is 0 Å². The van der Waals surface area contributed by atoms with Crippen LogP contribution < -0.4 is 14.2 Å². The van der Waals surface area contributed by atoms with Crippen LogP contribution in [0.25, 0.3) is 0 Å². The largest absolute Gasteiger partial charge is 0.496 e. The Morgan fingerprint density at radius 2 is 1.81 bits per heavy atom. The first-order valence-electron chi connectivity index (χ1n) is 10.7. The van der Waals surface area contributed by atoms with E-state index in [0.717, 1.165) is 31.2 Å². The highest BCUT2D eigenvalue weighted by Gasteiger charge is 2.24. The van der Waals surface area contributed by atoms with E-state index in [1.54, 1.807) is 17.0 Å². The summed E-state index contributed by atoms with van der Waals surface area (Å²) in [4.78, 5) is 14.9. The number of hydrogen-bond donors (Lipinski definition) is 1. The number of nitrogens with one attached hydrogen (secondary N) is 1. The van der Waals surface area contributed by atoms with Gasteiger partial charge in [-0.05, 0) is 55.7 Å². The van der Waals surface area contributed by atoms with Gasteiger partial charge in [-0.15, -0.1) is 0 Å². The van der Waals surface area contributed by atoms with Crippen LogP contribution in [0.3, 0.4) is 0 Å². The Kier molecular flexibility index (Phi) is 8.39. The third-order valence-electron chi connectivity index (χ3n) is 5.41. The van der Waals surface area contributed by atoms with Crippen molar-refractivity contribution >= 4 is 27.5 Å². The molecule has 7 nitrogen and oxygen atoms in total. The first-order valence-corrected chi connectivity index (χ1v) is 12.5. The van der Waals surface area contributed by atoms with Crippen molar-refractivity contribution in [2.75, 3.05) is 33.4 Å². The number of benzene rings is 2. The van der Waals surface area contributed by atoms with Gasteiger partial charge in [0.25, 0.3) is 5.91 Å². The Morgan fingerprint density at radius 3 is 2.47 bits per heavy atom. The standard InChI is InChI=1S/C23H29ClN2O5S/c1-17-7-8-18(15-21(17)24)31-14-11-25-32(28,29)19-9-10-22(30-2)20(16-19)23(27)26-12-5-3-4-6-13-26/h7-10,15-16,25H,3-6,11-14H2,1-2H3. The zero-order chi connectivity index (χ0) is 23.1. The summed E-state index contributed by atoms with van der Waals surface area (Å²) in [6.45, 7) is 3.42. The molecule has 1 aliphatic rings. The minimum Gasteiger partial charge on any atom is -0.496 e. The molecule has 1 heterocycles. The molecule has 3 rings (SSSR count). The van der Waals surface area contributed by atoms with Crippen molar-refractivity contribution in [1.29, 1.82) is 0 Å². The van der Waals surface area contributed by atoms with Crippen molar-refractivity contribution < 1.29 is 22.7 Å². The van der Waals surface area contributed by atoms with E-state index in [0.29, 0.717) is 29.6 Å². The highest BCUT2D eigenvalue weighted by Crippen LogP contribution is 2.25. The number of amides is 1. The fourth-order valence-electron chi connectivity index (χ4n) is 3.56. The van der Waals surface area contributed by atoms with Gasteiger partial charge < -0.3 is 14.4 Å². The van der Waals surface area contributed by atoms with Crippen molar-refractivity contribution in [1.82, 2.24) is 9.62 Å². The summed E-state index contributed by atoms with van der Waals surface area (Å²) in [5.74, 6) is 0.716. The number of methoxy groups -OCH3 is 1. The number of sulfonamides is 1. The summed E-state index contributed by atoms with van der Waals surface area (Å²) in [5.41, 5.74) is 1.19. The van der Waals surface area contributed by atoms with Crippen LogP contribution >= 0.6 is 11.6 Å². The van der Waals surface area contributed by atoms with Crippen molar-refractivity contribution in [3.63, 3.8) is 0 Å². The van der Waals surface area contributed by atoms with Gasteiger partial charge in [-0.3, -0.25) is 4.79 Å². The molecule has 0 spiro atoms. The second kappa shape index (κ2) is 11.0. The molecule has 0 aliphatic carbocycles. The smallest absolute Gasteiger partial charge is 0.257 e. The van der Waals surface area contributed by atoms with Crippen LogP contribution in [0, 0.1) is 6.92 Å². The van der Waals surface area contributed by atoms with Crippen LogP contribution in [0.1, 0.15) is 41.6 Å². The average Bonchev–Trinajstić information content (AvgIpc) is 3.07. The number of likely N-dealkylation sites (tertiary alicyclic amines) is 1. The lowest BCUT2D eigenvalue weighted by Gasteiger charge is -2.22. The zero-order valence-electron chi connectivity index (χ0n) is 18.4. The van der Waals surface area contributed by atoms with E-state index < -0.39 is 10.0 Å². The highest BCUT2D eigenvalue weighted by atomic mass is 35.5. The van der Waals surface area contributed by atoms with Gasteiger partial charge in [0.1, 0.15) is 18.1 Å². The van der Waals surface area contributed by atoms with Crippen LogP contribution in [0.4, 0.5) is 0 Å². The average molecular weight is 481 g/mol. The van der Waals surface area contributed by atoms with Crippen LogP contribution in [0.2, 0.25) is 5.02 Å². The molecule has 0 aromatic heterocycles. The van der Waals surface area contributed by atoms with Crippen molar-refractivity contribution in [2.45, 2.75) is 37.5 Å². The summed E-state index contributed by atoms with van der Waals surface area (Å²) in [6.07, 6.45) is 4.08. The Bertz CT molecular complexity index is 1050. The quantitative estimate of drug-likeness (QED) is 0.576. The topological polar surface area (TPSA) is 84.9 Å². The third-order valence-corrected chi connectivity index (χ3v) is 7.28. The highest BCUT2D eigenvalue weighted by molar-refractivity contribution is 7.89. The molecule has 174 valence electrons. The van der Waals surface area contributed by atoms with Crippen molar-refractivity contribution in [3.8, 4) is 11.5 Å². The number of carbonyl (C=O) groups is 1. The van der Waals surface area contributed by atoms with E-state index in [1.165, 1.54) is 25.3 Å². The summed E-state index contributed by atoms with van der Waals surface area (Å²) in [5, 5.41) is 0.586. The van der Waals surface area contributed by atoms with Gasteiger partial charge in [-0.1, -0.05) is 30.5 Å². The molecule has 1 fully saturated rings. The number of rotatable bonds is 8. The lowest BCUT2D eigenvalue weighted by atomic mass is 10.1. The molecule has 0 bridgehead atoms. The van der Waals surface area contributed by atoms with E-state index in [4.69, 9.17) is 21.1 Å². The van der Waals surface area contributed by atoms with Crippen LogP contribution in [-0.4, -0.2) is 52.6 Å². The van der Waals surface area contributed by atoms with Gasteiger partial charge >= 0.3 is 0 Å². The van der Waals surface area contributed by atoms with E-state index >= 15 is 0 Å². The Labute approximate surface area is 194 Å². The predicted molar refractivity (Wildman–Crippen MR) is 124 cm³/mol. The Balaban J connectivity index is 1.68. The number of carbonyl (C=O) groups excluding carboxylic acids is 1. The summed E-state index contributed by atoms with van der Waals surface area (Å²) in [6, 6.07) is 9.64. The molecule has 2 aromatic rings. The van der Waals surface area contributed by atoms with E-state index in [2.05, 4.69) is 4.72 Å². The predicted octanol–water partition coefficient (Wildman–Crippen LogP) is 4.03. The molecular formula is C23H29ClN2O5S. The fraction of sp³-hybridized carbons (Fsp3) is 0.435. The molecule has 2 aromatic carbocycles. The molecule has 0 unspecified atom stereocenters. The molecule has 0 saturated carbocycles. The van der Waals surface area contributed by atoms with Crippen molar-refractivity contribution in [3.05, 3.63) is 52.5 Å². The van der Waals surface area contributed by atoms with Crippen LogP contribution in [0.15, 0.2) is 41.3 Å². The summed E-state index contributed by atoms with van der Waals surface area (Å²) in [7, 11) is -2.36. The Morgan fingerprint density at radius 1 is 1.09 bits per heavy atom. The Hall–Kier alpha value is -2.29. The number of nitrogens with zero attached hydrogens (tertiary/aromatic N) is 1. The number of ether oxygens (including phenoxy) is 2. The number of halogens is 1. The van der Waals surface area contributed by atoms with Gasteiger partial charge in [0, 0.05) is 24.7 Å². The molecule has 1 amide bonds. The van der Waals surface area contributed by atoms with Gasteiger partial charge in [0.2, 0.25) is 10.0 Å². The molecule has 1 aliphatic heterocycles. The maximum atomic E-state index is 13.1. The lowest BCUT2D eigenvalue weighted by Crippen LogP contribution is -2.32. The monoisotopic (exact) mass is 480 g/mol. The minimum atomic E-state index is -3.83. The second-order valence-corrected chi connectivity index (χ2v) is 9.90. The molecule has 0 atom stereocenters. The van der Waals surface area contributed by atoms with Gasteiger partial charge in [-0.25, -0.2) is 13.1 Å². The number of aryl methyl sites for hydroxylation is 1.